The lowest BCUT2D eigenvalue weighted by molar-refractivity contribution is 0.242. The quantitative estimate of drug-likeness (QED) is 0.823. The summed E-state index contributed by atoms with van der Waals surface area (Å²) in [6, 6.07) is 9.04. The van der Waals surface area contributed by atoms with Crippen LogP contribution in [-0.2, 0) is 6.42 Å². The van der Waals surface area contributed by atoms with Crippen LogP contribution in [0.4, 0.5) is 0 Å². The summed E-state index contributed by atoms with van der Waals surface area (Å²) in [5.41, 5.74) is 1.61. The van der Waals surface area contributed by atoms with Gasteiger partial charge in [0, 0.05) is 6.07 Å². The smallest absolute Gasteiger partial charge is 0.271 e. The number of benzene rings is 1. The van der Waals surface area contributed by atoms with Gasteiger partial charge >= 0.3 is 0 Å². The Morgan fingerprint density at radius 3 is 2.57 bits per heavy atom. The predicted octanol–water partition coefficient (Wildman–Crippen LogP) is 2.93. The van der Waals surface area contributed by atoms with Crippen LogP contribution >= 0.6 is 11.8 Å². The van der Waals surface area contributed by atoms with Gasteiger partial charge in [0.25, 0.3) is 5.56 Å². The molecule has 0 amide bonds. The Kier molecular flexibility index (Phi) is 5.44. The van der Waals surface area contributed by atoms with E-state index in [4.69, 9.17) is 4.74 Å². The van der Waals surface area contributed by atoms with Gasteiger partial charge in [0.1, 0.15) is 5.75 Å². The standard InChI is InChI=1S/C16H20N2O2S/c1-12(2)20-15-6-4-14(5-7-15)18-16(19)10-13(11-17-18)8-9-21-3/h4-7,10-12H,8-9H2,1-3H3. The second kappa shape index (κ2) is 7.31. The van der Waals surface area contributed by atoms with Gasteiger partial charge in [0.15, 0.2) is 0 Å². The van der Waals surface area contributed by atoms with Crippen LogP contribution in [0.15, 0.2) is 41.3 Å². The van der Waals surface area contributed by atoms with E-state index in [1.807, 2.05) is 38.1 Å². The molecule has 0 saturated carbocycles. The van der Waals surface area contributed by atoms with Gasteiger partial charge in [-0.3, -0.25) is 4.79 Å². The lowest BCUT2D eigenvalue weighted by Gasteiger charge is -2.10. The lowest BCUT2D eigenvalue weighted by Crippen LogP contribution is -2.21. The van der Waals surface area contributed by atoms with Crippen molar-refractivity contribution in [3.63, 3.8) is 0 Å². The van der Waals surface area contributed by atoms with Crippen LogP contribution in [0.25, 0.3) is 5.69 Å². The summed E-state index contributed by atoms with van der Waals surface area (Å²) in [5.74, 6) is 1.78. The van der Waals surface area contributed by atoms with Crippen molar-refractivity contribution in [2.45, 2.75) is 26.4 Å². The van der Waals surface area contributed by atoms with Crippen molar-refractivity contribution in [3.05, 3.63) is 52.4 Å². The normalized spacial score (nSPS) is 10.9. The Morgan fingerprint density at radius 2 is 2.00 bits per heavy atom. The van der Waals surface area contributed by atoms with Crippen LogP contribution in [0.1, 0.15) is 19.4 Å². The maximum Gasteiger partial charge on any atom is 0.271 e. The second-order valence-corrected chi connectivity index (χ2v) is 6.00. The molecule has 5 heteroatoms. The summed E-state index contributed by atoms with van der Waals surface area (Å²) >= 11 is 1.76. The van der Waals surface area contributed by atoms with Crippen molar-refractivity contribution in [2.24, 2.45) is 0 Å². The number of nitrogens with zero attached hydrogens (tertiary/aromatic N) is 2. The van der Waals surface area contributed by atoms with Gasteiger partial charge in [-0.05, 0) is 62.1 Å². The van der Waals surface area contributed by atoms with Gasteiger partial charge in [-0.2, -0.15) is 21.5 Å². The van der Waals surface area contributed by atoms with Gasteiger partial charge in [0.05, 0.1) is 18.0 Å². The van der Waals surface area contributed by atoms with Crippen molar-refractivity contribution in [2.75, 3.05) is 12.0 Å². The average molecular weight is 304 g/mol. The highest BCUT2D eigenvalue weighted by Gasteiger charge is 2.04. The lowest BCUT2D eigenvalue weighted by atomic mass is 10.2. The molecule has 0 aliphatic heterocycles. The molecule has 0 bridgehead atoms. The molecule has 0 spiro atoms. The third kappa shape index (κ3) is 4.36. The fraction of sp³-hybridized carbons (Fsp3) is 0.375. The topological polar surface area (TPSA) is 44.1 Å². The third-order valence-electron chi connectivity index (χ3n) is 2.90. The van der Waals surface area contributed by atoms with Crippen molar-refractivity contribution in [3.8, 4) is 11.4 Å². The number of thioether (sulfide) groups is 1. The molecule has 2 aromatic rings. The number of aryl methyl sites for hydroxylation is 1. The van der Waals surface area contributed by atoms with E-state index in [9.17, 15) is 4.79 Å². The van der Waals surface area contributed by atoms with Crippen molar-refractivity contribution in [1.82, 2.24) is 9.78 Å². The van der Waals surface area contributed by atoms with Crippen molar-refractivity contribution in [1.29, 1.82) is 0 Å². The van der Waals surface area contributed by atoms with E-state index >= 15 is 0 Å². The number of aromatic nitrogens is 2. The van der Waals surface area contributed by atoms with Crippen LogP contribution in [0.5, 0.6) is 5.75 Å². The van der Waals surface area contributed by atoms with E-state index < -0.39 is 0 Å². The van der Waals surface area contributed by atoms with Gasteiger partial charge in [0.2, 0.25) is 0 Å². The third-order valence-corrected chi connectivity index (χ3v) is 3.52. The first kappa shape index (κ1) is 15.6. The van der Waals surface area contributed by atoms with Gasteiger partial charge in [-0.15, -0.1) is 0 Å². The van der Waals surface area contributed by atoms with Crippen LogP contribution in [0, 0.1) is 0 Å². The van der Waals surface area contributed by atoms with E-state index in [0.29, 0.717) is 0 Å². The minimum Gasteiger partial charge on any atom is -0.491 e. The Hall–Kier alpha value is -1.75. The monoisotopic (exact) mass is 304 g/mol. The maximum absolute atomic E-state index is 12.1. The summed E-state index contributed by atoms with van der Waals surface area (Å²) < 4.78 is 6.99. The molecular formula is C16H20N2O2S. The summed E-state index contributed by atoms with van der Waals surface area (Å²) in [5, 5.41) is 4.25. The molecule has 0 atom stereocenters. The largest absolute Gasteiger partial charge is 0.491 e. The second-order valence-electron chi connectivity index (χ2n) is 5.02. The minimum absolute atomic E-state index is 0.105. The molecule has 2 rings (SSSR count). The SMILES string of the molecule is CSCCc1cnn(-c2ccc(OC(C)C)cc2)c(=O)c1. The van der Waals surface area contributed by atoms with Gasteiger partial charge in [-0.25, -0.2) is 0 Å². The van der Waals surface area contributed by atoms with Gasteiger partial charge in [-0.1, -0.05) is 0 Å². The summed E-state index contributed by atoms with van der Waals surface area (Å²) in [4.78, 5) is 12.1. The van der Waals surface area contributed by atoms with E-state index in [1.165, 1.54) is 4.68 Å². The molecule has 1 aromatic carbocycles. The maximum atomic E-state index is 12.1. The number of rotatable bonds is 6. The molecule has 0 radical (unpaired) electrons. The van der Waals surface area contributed by atoms with E-state index in [2.05, 4.69) is 11.4 Å². The zero-order valence-electron chi connectivity index (χ0n) is 12.6. The average Bonchev–Trinajstić information content (AvgIpc) is 2.46. The first-order chi connectivity index (χ1) is 10.1. The first-order valence-corrected chi connectivity index (χ1v) is 8.34. The zero-order valence-corrected chi connectivity index (χ0v) is 13.4. The van der Waals surface area contributed by atoms with Crippen LogP contribution in [-0.4, -0.2) is 27.9 Å². The van der Waals surface area contributed by atoms with Crippen LogP contribution in [0.2, 0.25) is 0 Å². The minimum atomic E-state index is -0.105. The highest BCUT2D eigenvalue weighted by Crippen LogP contribution is 2.15. The van der Waals surface area contributed by atoms with E-state index in [-0.39, 0.29) is 11.7 Å². The molecular weight excluding hydrogens is 284 g/mol. The predicted molar refractivity (Wildman–Crippen MR) is 87.7 cm³/mol. The van der Waals surface area contributed by atoms with Crippen LogP contribution < -0.4 is 10.3 Å². The Bertz CT molecular complexity index is 635. The molecule has 112 valence electrons. The van der Waals surface area contributed by atoms with E-state index in [0.717, 1.165) is 29.2 Å². The Labute approximate surface area is 129 Å². The number of ether oxygens (including phenoxy) is 1. The highest BCUT2D eigenvalue weighted by molar-refractivity contribution is 7.98. The zero-order chi connectivity index (χ0) is 15.2. The summed E-state index contributed by atoms with van der Waals surface area (Å²) in [6.07, 6.45) is 4.81. The number of hydrogen-bond acceptors (Lipinski definition) is 4. The molecule has 1 heterocycles. The molecule has 0 unspecified atom stereocenters. The Morgan fingerprint density at radius 1 is 1.29 bits per heavy atom. The Balaban J connectivity index is 2.20. The highest BCUT2D eigenvalue weighted by atomic mass is 32.2. The van der Waals surface area contributed by atoms with Crippen LogP contribution in [0.3, 0.4) is 0 Å². The molecule has 4 nitrogen and oxygen atoms in total. The summed E-state index contributed by atoms with van der Waals surface area (Å²) in [7, 11) is 0. The van der Waals surface area contributed by atoms with E-state index in [1.54, 1.807) is 24.0 Å². The number of hydrogen-bond donors (Lipinski definition) is 0. The summed E-state index contributed by atoms with van der Waals surface area (Å²) in [6.45, 7) is 3.96. The molecule has 0 fully saturated rings. The molecule has 0 aliphatic carbocycles. The fourth-order valence-corrected chi connectivity index (χ4v) is 2.37. The van der Waals surface area contributed by atoms with Gasteiger partial charge < -0.3 is 4.74 Å². The van der Waals surface area contributed by atoms with Crippen molar-refractivity contribution < 1.29 is 4.74 Å². The molecule has 0 aliphatic rings. The molecule has 21 heavy (non-hydrogen) atoms. The molecule has 0 saturated heterocycles. The molecule has 1 aromatic heterocycles. The van der Waals surface area contributed by atoms with Crippen molar-refractivity contribution >= 4 is 11.8 Å². The molecule has 0 N–H and O–H groups in total. The fourth-order valence-electron chi connectivity index (χ4n) is 1.93. The first-order valence-electron chi connectivity index (χ1n) is 6.94.